The summed E-state index contributed by atoms with van der Waals surface area (Å²) in [5.74, 6) is 1.55. The first-order valence-corrected chi connectivity index (χ1v) is 11.1. The molecular formula is C25H28ClNO3. The van der Waals surface area contributed by atoms with Crippen molar-refractivity contribution in [2.45, 2.75) is 38.1 Å². The first kappa shape index (κ1) is 20.9. The molecule has 5 heteroatoms. The van der Waals surface area contributed by atoms with Gasteiger partial charge in [0.25, 0.3) is 5.91 Å². The minimum absolute atomic E-state index is 0.0447. The fourth-order valence-electron chi connectivity index (χ4n) is 5.51. The third kappa shape index (κ3) is 4.11. The number of benzene rings is 2. The standard InChI is InChI=1S/C25H28ClNO3/c1-3-21(27-24(28)16-9-11-18(26)12-10-16)23-19-13-17(14-20(19)23)22(25(29)30-2)15-7-5-4-6-8-15/h4-12,17,19-23H,3,13-14H2,1-2H3,(H,27,28). The molecule has 0 aromatic heterocycles. The number of ether oxygens (including phenoxy) is 1. The summed E-state index contributed by atoms with van der Waals surface area (Å²) in [6.07, 6.45) is 2.93. The molecule has 0 heterocycles. The van der Waals surface area contributed by atoms with Gasteiger partial charge in [-0.3, -0.25) is 9.59 Å². The van der Waals surface area contributed by atoms with Gasteiger partial charge in [0.2, 0.25) is 0 Å². The Balaban J connectivity index is 1.40. The van der Waals surface area contributed by atoms with E-state index in [4.69, 9.17) is 16.3 Å². The van der Waals surface area contributed by atoms with E-state index in [0.29, 0.717) is 34.3 Å². The average molecular weight is 426 g/mol. The van der Waals surface area contributed by atoms with Gasteiger partial charge < -0.3 is 10.1 Å². The Morgan fingerprint density at radius 1 is 1.07 bits per heavy atom. The number of methoxy groups -OCH3 is 1. The zero-order valence-corrected chi connectivity index (χ0v) is 18.1. The van der Waals surface area contributed by atoms with Gasteiger partial charge in [-0.05, 0) is 72.8 Å². The van der Waals surface area contributed by atoms with Gasteiger partial charge in [0.05, 0.1) is 13.0 Å². The summed E-state index contributed by atoms with van der Waals surface area (Å²) in [7, 11) is 1.47. The second-order valence-electron chi connectivity index (χ2n) is 8.54. The lowest BCUT2D eigenvalue weighted by atomic mass is 9.81. The van der Waals surface area contributed by atoms with Crippen LogP contribution in [-0.2, 0) is 9.53 Å². The van der Waals surface area contributed by atoms with Gasteiger partial charge in [0.15, 0.2) is 0 Å². The van der Waals surface area contributed by atoms with E-state index in [-0.39, 0.29) is 23.8 Å². The van der Waals surface area contributed by atoms with Crippen molar-refractivity contribution in [2.24, 2.45) is 23.7 Å². The molecule has 1 N–H and O–H groups in total. The SMILES string of the molecule is CCC(NC(=O)c1ccc(Cl)cc1)C1C2CC(C(C(=O)OC)c3ccccc3)CC21. The van der Waals surface area contributed by atoms with E-state index >= 15 is 0 Å². The van der Waals surface area contributed by atoms with Gasteiger partial charge in [0, 0.05) is 16.6 Å². The van der Waals surface area contributed by atoms with Gasteiger partial charge in [-0.2, -0.15) is 0 Å². The Bertz CT molecular complexity index is 886. The molecule has 4 rings (SSSR count). The lowest BCUT2D eigenvalue weighted by Crippen LogP contribution is -2.37. The zero-order chi connectivity index (χ0) is 21.3. The third-order valence-electron chi connectivity index (χ3n) is 6.96. The molecule has 0 bridgehead atoms. The maximum atomic E-state index is 12.6. The Morgan fingerprint density at radius 3 is 2.27 bits per heavy atom. The van der Waals surface area contributed by atoms with Gasteiger partial charge in [0.1, 0.15) is 0 Å². The van der Waals surface area contributed by atoms with Crippen LogP contribution in [0.3, 0.4) is 0 Å². The van der Waals surface area contributed by atoms with Crippen molar-refractivity contribution >= 4 is 23.5 Å². The Kier molecular flexibility index (Phi) is 6.14. The van der Waals surface area contributed by atoms with Crippen molar-refractivity contribution in [3.63, 3.8) is 0 Å². The van der Waals surface area contributed by atoms with Crippen LogP contribution in [0.4, 0.5) is 0 Å². The lowest BCUT2D eigenvalue weighted by molar-refractivity contribution is -0.144. The van der Waals surface area contributed by atoms with Crippen LogP contribution in [-0.4, -0.2) is 25.0 Å². The normalized spacial score (nSPS) is 26.4. The summed E-state index contributed by atoms with van der Waals surface area (Å²) in [5.41, 5.74) is 1.67. The monoisotopic (exact) mass is 425 g/mol. The quantitative estimate of drug-likeness (QED) is 0.629. The van der Waals surface area contributed by atoms with Crippen LogP contribution in [0.2, 0.25) is 5.02 Å². The second kappa shape index (κ2) is 8.81. The second-order valence-corrected chi connectivity index (χ2v) is 8.98. The molecule has 4 unspecified atom stereocenters. The fourth-order valence-corrected chi connectivity index (χ4v) is 5.64. The lowest BCUT2D eigenvalue weighted by Gasteiger charge is -2.26. The van der Waals surface area contributed by atoms with Crippen molar-refractivity contribution in [1.29, 1.82) is 0 Å². The Labute approximate surface area is 183 Å². The average Bonchev–Trinajstić information content (AvgIpc) is 3.25. The van der Waals surface area contributed by atoms with Crippen LogP contribution in [0, 0.1) is 23.7 Å². The van der Waals surface area contributed by atoms with Crippen LogP contribution in [0.5, 0.6) is 0 Å². The van der Waals surface area contributed by atoms with Crippen molar-refractivity contribution in [1.82, 2.24) is 5.32 Å². The summed E-state index contributed by atoms with van der Waals surface area (Å²) >= 11 is 5.93. The highest BCUT2D eigenvalue weighted by Gasteiger charge is 2.60. The van der Waals surface area contributed by atoms with Crippen LogP contribution >= 0.6 is 11.6 Å². The van der Waals surface area contributed by atoms with E-state index in [1.165, 1.54) is 7.11 Å². The first-order valence-electron chi connectivity index (χ1n) is 10.7. The molecule has 4 atom stereocenters. The van der Waals surface area contributed by atoms with E-state index in [1.807, 2.05) is 30.3 Å². The topological polar surface area (TPSA) is 55.4 Å². The first-order chi connectivity index (χ1) is 14.5. The molecule has 1 amide bonds. The van der Waals surface area contributed by atoms with Crippen molar-refractivity contribution in [3.8, 4) is 0 Å². The van der Waals surface area contributed by atoms with Crippen LogP contribution in [0.25, 0.3) is 0 Å². The van der Waals surface area contributed by atoms with E-state index < -0.39 is 0 Å². The maximum Gasteiger partial charge on any atom is 0.313 e. The Hall–Kier alpha value is -2.33. The van der Waals surface area contributed by atoms with E-state index in [9.17, 15) is 9.59 Å². The van der Waals surface area contributed by atoms with Crippen LogP contribution < -0.4 is 5.32 Å². The number of carbonyl (C=O) groups excluding carboxylic acids is 2. The zero-order valence-electron chi connectivity index (χ0n) is 17.4. The molecule has 2 aliphatic rings. The highest BCUT2D eigenvalue weighted by Crippen LogP contribution is 2.63. The highest BCUT2D eigenvalue weighted by atomic mass is 35.5. The van der Waals surface area contributed by atoms with Gasteiger partial charge in [-0.1, -0.05) is 48.9 Å². The number of hydrogen-bond acceptors (Lipinski definition) is 3. The summed E-state index contributed by atoms with van der Waals surface area (Å²) in [4.78, 5) is 25.2. The van der Waals surface area contributed by atoms with Crippen LogP contribution in [0.1, 0.15) is 48.0 Å². The predicted octanol–water partition coefficient (Wildman–Crippen LogP) is 5.08. The molecule has 158 valence electrons. The molecule has 30 heavy (non-hydrogen) atoms. The number of hydrogen-bond donors (Lipinski definition) is 1. The fraction of sp³-hybridized carbons (Fsp3) is 0.440. The molecule has 0 aliphatic heterocycles. The van der Waals surface area contributed by atoms with Gasteiger partial charge in [-0.15, -0.1) is 0 Å². The largest absolute Gasteiger partial charge is 0.469 e. The predicted molar refractivity (Wildman–Crippen MR) is 117 cm³/mol. The number of rotatable bonds is 7. The maximum absolute atomic E-state index is 12.6. The number of nitrogens with one attached hydrogen (secondary N) is 1. The molecule has 0 spiro atoms. The van der Waals surface area contributed by atoms with Crippen molar-refractivity contribution in [3.05, 3.63) is 70.7 Å². The number of esters is 1. The van der Waals surface area contributed by atoms with Crippen molar-refractivity contribution < 1.29 is 14.3 Å². The highest BCUT2D eigenvalue weighted by molar-refractivity contribution is 6.30. The Morgan fingerprint density at radius 2 is 1.70 bits per heavy atom. The van der Waals surface area contributed by atoms with Crippen molar-refractivity contribution in [2.75, 3.05) is 7.11 Å². The molecule has 0 radical (unpaired) electrons. The van der Waals surface area contributed by atoms with E-state index in [1.54, 1.807) is 24.3 Å². The summed E-state index contributed by atoms with van der Waals surface area (Å²) in [6, 6.07) is 17.1. The summed E-state index contributed by atoms with van der Waals surface area (Å²) in [6.45, 7) is 2.12. The van der Waals surface area contributed by atoms with E-state index in [2.05, 4.69) is 12.2 Å². The van der Waals surface area contributed by atoms with Crippen LogP contribution in [0.15, 0.2) is 54.6 Å². The smallest absolute Gasteiger partial charge is 0.313 e. The molecular weight excluding hydrogens is 398 g/mol. The molecule has 2 aliphatic carbocycles. The minimum atomic E-state index is -0.201. The molecule has 4 nitrogen and oxygen atoms in total. The number of fused-ring (bicyclic) bond motifs is 1. The number of amides is 1. The number of halogens is 1. The third-order valence-corrected chi connectivity index (χ3v) is 7.21. The number of carbonyl (C=O) groups is 2. The molecule has 2 saturated carbocycles. The summed E-state index contributed by atoms with van der Waals surface area (Å²) in [5, 5.41) is 3.85. The molecule has 2 aromatic rings. The molecule has 0 saturated heterocycles. The van der Waals surface area contributed by atoms with E-state index in [0.717, 1.165) is 24.8 Å². The molecule has 2 aromatic carbocycles. The summed E-state index contributed by atoms with van der Waals surface area (Å²) < 4.78 is 5.13. The minimum Gasteiger partial charge on any atom is -0.469 e. The molecule has 2 fully saturated rings. The van der Waals surface area contributed by atoms with Gasteiger partial charge in [-0.25, -0.2) is 0 Å². The van der Waals surface area contributed by atoms with Gasteiger partial charge >= 0.3 is 5.97 Å².